The number of amides is 5. The molecular weight excluding hydrogens is 570 g/mol. The van der Waals surface area contributed by atoms with Crippen molar-refractivity contribution in [3.8, 4) is 0 Å². The lowest BCUT2D eigenvalue weighted by molar-refractivity contribution is -0.138. The van der Waals surface area contributed by atoms with Crippen LogP contribution in [0, 0.1) is 0 Å². The number of carboxylic acid groups (broad SMARTS) is 1. The number of thioether (sulfide) groups is 1. The molecule has 2 aromatic rings. The van der Waals surface area contributed by atoms with Gasteiger partial charge in [-0.05, 0) is 32.0 Å². The quantitative estimate of drug-likeness (QED) is 0.158. The number of nitrogens with two attached hydrogens (primary N) is 1. The first kappa shape index (κ1) is 32.4. The summed E-state index contributed by atoms with van der Waals surface area (Å²) in [4.78, 5) is 79.4. The number of fused-ring (bicyclic) bond motifs is 1. The van der Waals surface area contributed by atoms with Crippen LogP contribution in [-0.2, 0) is 35.2 Å². The van der Waals surface area contributed by atoms with Crippen LogP contribution in [-0.4, -0.2) is 106 Å². The number of H-pyrrole nitrogens is 1. The predicted octanol–water partition coefficient (Wildman–Crippen LogP) is -2.67. The number of benzene rings is 1. The first-order valence-corrected chi connectivity index (χ1v) is 14.2. The fraction of sp³-hybridized carbons (Fsp3) is 0.462. The van der Waals surface area contributed by atoms with Gasteiger partial charge in [0.05, 0.1) is 25.1 Å². The van der Waals surface area contributed by atoms with Crippen molar-refractivity contribution in [2.75, 3.05) is 19.4 Å². The summed E-state index contributed by atoms with van der Waals surface area (Å²) in [5.74, 6) is -5.55. The molecule has 228 valence electrons. The number of aliphatic hydroxyl groups is 1. The van der Waals surface area contributed by atoms with E-state index in [2.05, 4.69) is 31.6 Å². The minimum Gasteiger partial charge on any atom is -0.480 e. The summed E-state index contributed by atoms with van der Waals surface area (Å²) >= 11 is 0.875. The molecule has 1 fully saturated rings. The van der Waals surface area contributed by atoms with Crippen LogP contribution in [0.4, 0.5) is 0 Å². The number of para-hydroxylation sites is 1. The highest BCUT2D eigenvalue weighted by molar-refractivity contribution is 8.00. The Labute approximate surface area is 245 Å². The number of hydrogen-bond acceptors (Lipinski definition) is 9. The lowest BCUT2D eigenvalue weighted by atomic mass is 10.0. The molecule has 1 aromatic carbocycles. The number of carbonyl (C=O) groups is 6. The molecule has 1 saturated heterocycles. The minimum absolute atomic E-state index is 0.0480. The number of aliphatic hydroxyl groups excluding tert-OH is 1. The van der Waals surface area contributed by atoms with Crippen LogP contribution < -0.4 is 32.3 Å². The van der Waals surface area contributed by atoms with Crippen LogP contribution in [0.1, 0.15) is 18.9 Å². The maximum atomic E-state index is 13.5. The molecule has 16 heteroatoms. The molecule has 3 rings (SSSR count). The average molecular weight is 606 g/mol. The zero-order valence-electron chi connectivity index (χ0n) is 23.0. The Balaban J connectivity index is 2.03. The van der Waals surface area contributed by atoms with Gasteiger partial charge in [0.2, 0.25) is 29.5 Å². The van der Waals surface area contributed by atoms with E-state index in [4.69, 9.17) is 5.73 Å². The molecule has 3 unspecified atom stereocenters. The van der Waals surface area contributed by atoms with E-state index >= 15 is 0 Å². The molecule has 0 spiro atoms. The van der Waals surface area contributed by atoms with Crippen LogP contribution in [0.25, 0.3) is 10.9 Å². The van der Waals surface area contributed by atoms with Crippen molar-refractivity contribution < 1.29 is 39.0 Å². The highest BCUT2D eigenvalue weighted by Gasteiger charge is 2.36. The molecule has 15 nitrogen and oxygen atoms in total. The largest absolute Gasteiger partial charge is 0.480 e. The summed E-state index contributed by atoms with van der Waals surface area (Å²) in [5, 5.41) is 32.0. The highest BCUT2D eigenvalue weighted by Crippen LogP contribution is 2.24. The first-order valence-electron chi connectivity index (χ1n) is 13.1. The van der Waals surface area contributed by atoms with Gasteiger partial charge in [0.1, 0.15) is 23.4 Å². The lowest BCUT2D eigenvalue weighted by Crippen LogP contribution is -2.60. The molecule has 5 amide bonds. The topological polar surface area (TPSA) is 245 Å². The van der Waals surface area contributed by atoms with Crippen molar-refractivity contribution in [3.05, 3.63) is 36.0 Å². The second-order valence-electron chi connectivity index (χ2n) is 9.82. The van der Waals surface area contributed by atoms with Crippen molar-refractivity contribution in [3.63, 3.8) is 0 Å². The van der Waals surface area contributed by atoms with Crippen LogP contribution in [0.15, 0.2) is 30.5 Å². The third kappa shape index (κ3) is 8.20. The van der Waals surface area contributed by atoms with Gasteiger partial charge in [0, 0.05) is 22.9 Å². The molecule has 1 aliphatic rings. The van der Waals surface area contributed by atoms with E-state index in [0.717, 1.165) is 22.7 Å². The predicted molar refractivity (Wildman–Crippen MR) is 153 cm³/mol. The van der Waals surface area contributed by atoms with Gasteiger partial charge < -0.3 is 47.5 Å². The fourth-order valence-electron chi connectivity index (χ4n) is 4.46. The minimum atomic E-state index is -1.48. The van der Waals surface area contributed by atoms with Gasteiger partial charge in [-0.1, -0.05) is 18.2 Å². The van der Waals surface area contributed by atoms with Crippen molar-refractivity contribution in [2.45, 2.75) is 55.2 Å². The summed E-state index contributed by atoms with van der Waals surface area (Å²) in [6.07, 6.45) is 1.15. The molecule has 42 heavy (non-hydrogen) atoms. The number of carboxylic acids is 1. The molecule has 1 aromatic heterocycles. The molecule has 0 saturated carbocycles. The van der Waals surface area contributed by atoms with Crippen LogP contribution in [0.3, 0.4) is 0 Å². The maximum absolute atomic E-state index is 13.5. The van der Waals surface area contributed by atoms with Gasteiger partial charge in [-0.2, -0.15) is 0 Å². The lowest BCUT2D eigenvalue weighted by Gasteiger charge is -2.29. The van der Waals surface area contributed by atoms with Crippen LogP contribution >= 0.6 is 11.8 Å². The van der Waals surface area contributed by atoms with E-state index < -0.39 is 84.0 Å². The van der Waals surface area contributed by atoms with E-state index in [-0.39, 0.29) is 12.2 Å². The Kier molecular flexibility index (Phi) is 11.3. The number of aromatic amines is 1. The Hall–Kier alpha value is -4.15. The van der Waals surface area contributed by atoms with Crippen molar-refractivity contribution in [1.29, 1.82) is 0 Å². The number of nitrogens with one attached hydrogen (secondary N) is 6. The second kappa shape index (κ2) is 14.7. The van der Waals surface area contributed by atoms with E-state index in [1.165, 1.54) is 14.0 Å². The number of rotatable bonds is 7. The summed E-state index contributed by atoms with van der Waals surface area (Å²) in [7, 11) is 1.47. The van der Waals surface area contributed by atoms with E-state index in [9.17, 15) is 39.0 Å². The van der Waals surface area contributed by atoms with Gasteiger partial charge in [-0.3, -0.25) is 28.8 Å². The highest BCUT2D eigenvalue weighted by atomic mass is 32.2. The molecule has 0 bridgehead atoms. The van der Waals surface area contributed by atoms with Crippen molar-refractivity contribution in [2.24, 2.45) is 5.73 Å². The third-order valence-electron chi connectivity index (χ3n) is 6.76. The molecule has 0 radical (unpaired) electrons. The molecule has 10 N–H and O–H groups in total. The Morgan fingerprint density at radius 2 is 1.67 bits per heavy atom. The molecular formula is C26H35N7O8S. The van der Waals surface area contributed by atoms with Crippen LogP contribution in [0.5, 0.6) is 0 Å². The maximum Gasteiger partial charge on any atom is 0.318 e. The Morgan fingerprint density at radius 1 is 1.00 bits per heavy atom. The summed E-state index contributed by atoms with van der Waals surface area (Å²) < 4.78 is 0. The normalized spacial score (nSPS) is 26.5. The van der Waals surface area contributed by atoms with E-state index in [1.807, 2.05) is 24.3 Å². The zero-order chi connectivity index (χ0) is 31.0. The fourth-order valence-corrected chi connectivity index (χ4v) is 5.71. The SMILES string of the molecule is CN[C@H]1CSC(C(=O)O)[C@@H](Cc2c[nH]c3ccccc23)NC(=O)C(CC(N)=O)NC(=O)[C@H](C)NC(=O)C(CO)NC1=O. The number of likely N-dealkylation sites (N-methyl/N-ethyl adjacent to an activating group) is 1. The van der Waals surface area contributed by atoms with Crippen molar-refractivity contribution >= 4 is 58.2 Å². The number of aliphatic carboxylic acids is 1. The second-order valence-corrected chi connectivity index (χ2v) is 11.0. The number of carbonyl (C=O) groups excluding carboxylic acids is 5. The monoisotopic (exact) mass is 605 g/mol. The summed E-state index contributed by atoms with van der Waals surface area (Å²) in [5.41, 5.74) is 6.84. The van der Waals surface area contributed by atoms with E-state index in [1.54, 1.807) is 6.20 Å². The first-order chi connectivity index (χ1) is 19.9. The van der Waals surface area contributed by atoms with Gasteiger partial charge >= 0.3 is 5.97 Å². The molecule has 2 heterocycles. The number of hydrogen-bond donors (Lipinski definition) is 9. The third-order valence-corrected chi connectivity index (χ3v) is 8.18. The van der Waals surface area contributed by atoms with Gasteiger partial charge in [-0.15, -0.1) is 11.8 Å². The summed E-state index contributed by atoms with van der Waals surface area (Å²) in [6.45, 7) is 0.520. The van der Waals surface area contributed by atoms with E-state index in [0.29, 0.717) is 5.56 Å². The van der Waals surface area contributed by atoms with Gasteiger partial charge in [0.25, 0.3) is 0 Å². The summed E-state index contributed by atoms with van der Waals surface area (Å²) in [6, 6.07) is 1.12. The zero-order valence-corrected chi connectivity index (χ0v) is 23.8. The molecule has 0 aliphatic carbocycles. The Bertz CT molecular complexity index is 1330. The van der Waals surface area contributed by atoms with Gasteiger partial charge in [0.15, 0.2) is 0 Å². The number of primary amides is 1. The standard InChI is InChI=1S/C26H35N7O8S/c1-12-22(36)32-17(8-20(27)35)23(37)31-16(7-13-9-29-15-6-4-3-5-14(13)15)21(26(40)41)42-11-19(28-2)25(39)33-18(10-34)24(38)30-12/h3-6,9,12,16-19,21,28-29,34H,7-8,10-11H2,1-2H3,(H2,27,35)(H,30,38)(H,31,37)(H,32,36)(H,33,39)(H,40,41)/t12-,16+,17?,18?,19-,21?/m0/s1. The smallest absolute Gasteiger partial charge is 0.318 e. The van der Waals surface area contributed by atoms with Gasteiger partial charge in [-0.25, -0.2) is 0 Å². The number of aromatic nitrogens is 1. The van der Waals surface area contributed by atoms with Crippen molar-refractivity contribution in [1.82, 2.24) is 31.6 Å². The molecule has 6 atom stereocenters. The average Bonchev–Trinajstić information content (AvgIpc) is 3.34. The Morgan fingerprint density at radius 3 is 2.31 bits per heavy atom. The van der Waals surface area contributed by atoms with Crippen LogP contribution in [0.2, 0.25) is 0 Å². The molecule has 1 aliphatic heterocycles.